The van der Waals surface area contributed by atoms with Gasteiger partial charge >= 0.3 is 0 Å². The third kappa shape index (κ3) is 3.47. The number of ether oxygens (including phenoxy) is 1. The largest absolute Gasteiger partial charge is 0.497 e. The Kier molecular flexibility index (Phi) is 5.36. The molecule has 1 aromatic carbocycles. The van der Waals surface area contributed by atoms with Crippen molar-refractivity contribution in [2.24, 2.45) is 5.92 Å². The molecule has 2 rings (SSSR count). The van der Waals surface area contributed by atoms with E-state index >= 15 is 0 Å². The second kappa shape index (κ2) is 6.68. The molecule has 0 aliphatic heterocycles. The molecule has 0 radical (unpaired) electrons. The number of methoxy groups -OCH3 is 1. The first kappa shape index (κ1) is 19.3. The van der Waals surface area contributed by atoms with E-state index in [1.54, 1.807) is 10.8 Å². The van der Waals surface area contributed by atoms with Crippen LogP contribution in [-0.4, -0.2) is 23.3 Å². The molecule has 24 heavy (non-hydrogen) atoms. The number of hydrogen-bond donors (Lipinski definition) is 0. The van der Waals surface area contributed by atoms with E-state index in [2.05, 4.69) is 77.8 Å². The van der Waals surface area contributed by atoms with E-state index in [0.717, 1.165) is 6.42 Å². The Hall–Kier alpha value is -1.07. The lowest BCUT2D eigenvalue weighted by Crippen LogP contribution is -2.50. The van der Waals surface area contributed by atoms with Crippen molar-refractivity contribution in [1.82, 2.24) is 0 Å². The monoisotopic (exact) mass is 358 g/mol. The summed E-state index contributed by atoms with van der Waals surface area (Å²) >= 11 is 0. The van der Waals surface area contributed by atoms with Gasteiger partial charge in [-0.2, -0.15) is 0 Å². The van der Waals surface area contributed by atoms with E-state index in [0.29, 0.717) is 5.92 Å². The summed E-state index contributed by atoms with van der Waals surface area (Å²) < 4.78 is 6.03. The topological polar surface area (TPSA) is 9.23 Å². The molecule has 0 spiro atoms. The summed E-state index contributed by atoms with van der Waals surface area (Å²) in [4.78, 5) is 0. The molecule has 3 heteroatoms. The van der Waals surface area contributed by atoms with Gasteiger partial charge in [0.05, 0.1) is 15.2 Å². The van der Waals surface area contributed by atoms with Gasteiger partial charge in [-0.3, -0.25) is 0 Å². The van der Waals surface area contributed by atoms with Gasteiger partial charge in [0.25, 0.3) is 0 Å². The average molecular weight is 359 g/mol. The van der Waals surface area contributed by atoms with Crippen LogP contribution in [-0.2, 0) is 0 Å². The standard InChI is InChI=1S/C21H34OSi2/c1-15(2)17-11-10-12-18(17)24(8,9)20-14-16(3)13-19(21(20)22-4)23(5,6)7/h10-11,13-15H,12H2,1-9H3. The zero-order valence-corrected chi connectivity index (χ0v) is 19.0. The molecular formula is C21H34OSi2. The highest BCUT2D eigenvalue weighted by Crippen LogP contribution is 2.34. The maximum absolute atomic E-state index is 6.03. The molecule has 0 unspecified atom stereocenters. The highest BCUT2D eigenvalue weighted by atomic mass is 28.3. The Morgan fingerprint density at radius 3 is 2.08 bits per heavy atom. The van der Waals surface area contributed by atoms with Gasteiger partial charge in [0.1, 0.15) is 13.8 Å². The number of hydrogen-bond acceptors (Lipinski definition) is 1. The maximum atomic E-state index is 6.03. The van der Waals surface area contributed by atoms with Crippen molar-refractivity contribution in [3.05, 3.63) is 40.6 Å². The molecule has 0 amide bonds. The van der Waals surface area contributed by atoms with Crippen molar-refractivity contribution in [3.63, 3.8) is 0 Å². The number of allylic oxidation sites excluding steroid dienone is 4. The first-order chi connectivity index (χ1) is 11.0. The minimum Gasteiger partial charge on any atom is -0.497 e. The summed E-state index contributed by atoms with van der Waals surface area (Å²) in [5, 5.41) is 4.64. The molecule has 0 N–H and O–H groups in total. The quantitative estimate of drug-likeness (QED) is 0.679. The lowest BCUT2D eigenvalue weighted by Gasteiger charge is -2.32. The summed E-state index contributed by atoms with van der Waals surface area (Å²) in [6, 6.07) is 4.77. The smallest absolute Gasteiger partial charge is 0.117 e. The van der Waals surface area contributed by atoms with Crippen LogP contribution < -0.4 is 15.1 Å². The van der Waals surface area contributed by atoms with Gasteiger partial charge in [0.15, 0.2) is 0 Å². The fraction of sp³-hybridized carbons (Fsp3) is 0.524. The minimum absolute atomic E-state index is 0.595. The Morgan fingerprint density at radius 1 is 1.00 bits per heavy atom. The van der Waals surface area contributed by atoms with Gasteiger partial charge in [-0.15, -0.1) is 0 Å². The molecule has 0 heterocycles. The molecule has 1 aliphatic rings. The summed E-state index contributed by atoms with van der Waals surface area (Å²) in [7, 11) is -1.36. The molecule has 1 aliphatic carbocycles. The fourth-order valence-electron chi connectivity index (χ4n) is 3.86. The van der Waals surface area contributed by atoms with Gasteiger partial charge in [0.2, 0.25) is 0 Å². The second-order valence-electron chi connectivity index (χ2n) is 8.96. The Morgan fingerprint density at radius 2 is 1.58 bits per heavy atom. The molecule has 1 nitrogen and oxygen atoms in total. The van der Waals surface area contributed by atoms with Gasteiger partial charge in [-0.25, -0.2) is 0 Å². The van der Waals surface area contributed by atoms with Crippen LogP contribution in [0.15, 0.2) is 35.1 Å². The predicted octanol–water partition coefficient (Wildman–Crippen LogP) is 4.92. The van der Waals surface area contributed by atoms with Crippen LogP contribution in [0.3, 0.4) is 0 Å². The normalized spacial score (nSPS) is 15.6. The van der Waals surface area contributed by atoms with E-state index in [4.69, 9.17) is 4.74 Å². The lowest BCUT2D eigenvalue weighted by atomic mass is 10.1. The van der Waals surface area contributed by atoms with Crippen LogP contribution in [0, 0.1) is 12.8 Å². The first-order valence-electron chi connectivity index (χ1n) is 9.09. The molecule has 0 fully saturated rings. The van der Waals surface area contributed by atoms with Crippen LogP contribution in [0.1, 0.15) is 25.8 Å². The second-order valence-corrected chi connectivity index (χ2v) is 18.4. The SMILES string of the molecule is COc1c([Si](C)(C)C)cc(C)cc1[Si](C)(C)C1=C(C(C)C)C=CC1. The third-order valence-corrected chi connectivity index (χ3v) is 11.0. The predicted molar refractivity (Wildman–Crippen MR) is 113 cm³/mol. The van der Waals surface area contributed by atoms with Gasteiger partial charge in [-0.05, 0) is 35.2 Å². The van der Waals surface area contributed by atoms with Crippen LogP contribution in [0.2, 0.25) is 32.7 Å². The molecule has 1 aromatic rings. The summed E-state index contributed by atoms with van der Waals surface area (Å²) in [5.74, 6) is 1.77. The van der Waals surface area contributed by atoms with Crippen LogP contribution in [0.25, 0.3) is 0 Å². The Balaban J connectivity index is 2.72. The van der Waals surface area contributed by atoms with Crippen LogP contribution >= 0.6 is 0 Å². The number of benzene rings is 1. The molecule has 0 saturated heterocycles. The van der Waals surface area contributed by atoms with E-state index < -0.39 is 16.1 Å². The lowest BCUT2D eigenvalue weighted by molar-refractivity contribution is 0.421. The van der Waals surface area contributed by atoms with Crippen molar-refractivity contribution < 1.29 is 4.74 Å². The molecular weight excluding hydrogens is 324 g/mol. The minimum atomic E-state index is -1.76. The van der Waals surface area contributed by atoms with E-state index in [-0.39, 0.29) is 0 Å². The molecule has 0 atom stereocenters. The Bertz CT molecular complexity index is 689. The fourth-order valence-corrected chi connectivity index (χ4v) is 9.00. The Labute approximate surface area is 150 Å². The third-order valence-electron chi connectivity index (χ3n) is 5.26. The number of rotatable bonds is 5. The van der Waals surface area contributed by atoms with Gasteiger partial charge in [-0.1, -0.05) is 81.6 Å². The summed E-state index contributed by atoms with van der Waals surface area (Å²) in [5.41, 5.74) is 2.94. The molecule has 132 valence electrons. The molecule has 0 bridgehead atoms. The molecule has 0 saturated carbocycles. The summed E-state index contributed by atoms with van der Waals surface area (Å²) in [6.45, 7) is 19.1. The molecule has 0 aromatic heterocycles. The van der Waals surface area contributed by atoms with Crippen molar-refractivity contribution in [3.8, 4) is 5.75 Å². The van der Waals surface area contributed by atoms with Crippen molar-refractivity contribution >= 4 is 26.5 Å². The zero-order valence-electron chi connectivity index (χ0n) is 17.0. The van der Waals surface area contributed by atoms with Crippen molar-refractivity contribution in [2.75, 3.05) is 7.11 Å². The van der Waals surface area contributed by atoms with E-state index in [9.17, 15) is 0 Å². The van der Waals surface area contributed by atoms with E-state index in [1.807, 2.05) is 7.11 Å². The van der Waals surface area contributed by atoms with Gasteiger partial charge in [0, 0.05) is 0 Å². The van der Waals surface area contributed by atoms with Gasteiger partial charge < -0.3 is 4.74 Å². The van der Waals surface area contributed by atoms with Crippen molar-refractivity contribution in [1.29, 1.82) is 0 Å². The number of aryl methyl sites for hydroxylation is 1. The highest BCUT2D eigenvalue weighted by Gasteiger charge is 2.36. The van der Waals surface area contributed by atoms with Crippen molar-refractivity contribution in [2.45, 2.75) is 59.9 Å². The average Bonchev–Trinajstić information content (AvgIpc) is 2.95. The summed E-state index contributed by atoms with van der Waals surface area (Å²) in [6.07, 6.45) is 5.82. The van der Waals surface area contributed by atoms with Crippen LogP contribution in [0.4, 0.5) is 0 Å². The first-order valence-corrected chi connectivity index (χ1v) is 15.6. The van der Waals surface area contributed by atoms with E-state index in [1.165, 1.54) is 21.7 Å². The highest BCUT2D eigenvalue weighted by molar-refractivity contribution is 6.97. The maximum Gasteiger partial charge on any atom is 0.117 e. The zero-order chi connectivity index (χ0) is 18.3. The van der Waals surface area contributed by atoms with Crippen LogP contribution in [0.5, 0.6) is 5.75 Å².